The van der Waals surface area contributed by atoms with Crippen LogP contribution in [0, 0.1) is 0 Å². The monoisotopic (exact) mass is 1240 g/mol. The summed E-state index contributed by atoms with van der Waals surface area (Å²) in [6.45, 7) is 20.0. The van der Waals surface area contributed by atoms with E-state index in [-0.39, 0.29) is 17.4 Å². The number of sulfone groups is 9. The second-order valence-electron chi connectivity index (χ2n) is 26.4. The second-order valence-corrected chi connectivity index (χ2v) is 38.4. The van der Waals surface area contributed by atoms with Crippen LogP contribution >= 0.6 is 0 Å². The topological polar surface area (TPSA) is 120 Å². The van der Waals surface area contributed by atoms with Crippen LogP contribution in [0.1, 0.15) is 409 Å². The molecule has 0 aliphatic carbocycles. The number of hydrogen-bond donors (Lipinski definition) is 0. The third kappa shape index (κ3) is 62.5. The average molecular weight is 1240 g/mol. The van der Waals surface area contributed by atoms with Crippen LogP contribution in [0.4, 0.5) is 0 Å². The molecule has 0 heterocycles. The molecule has 0 N–H and O–H groups in total. The Hall–Kier alpha value is 0.862. The molecule has 10 heteroatoms. The van der Waals surface area contributed by atoms with Gasteiger partial charge in [0.05, 0.1) is 0 Å². The third-order valence-electron chi connectivity index (χ3n) is 17.6. The maximum Gasteiger partial charge on any atom is 3.00 e. The van der Waals surface area contributed by atoms with E-state index in [1.807, 2.05) is 0 Å². The normalized spacial score (nSPS) is 13.4. The quantitative estimate of drug-likeness (QED) is 0.0442. The van der Waals surface area contributed by atoms with E-state index in [9.17, 15) is 26.3 Å². The van der Waals surface area contributed by atoms with Crippen LogP contribution in [0.25, 0.3) is 0 Å². The van der Waals surface area contributed by atoms with Crippen molar-refractivity contribution in [1.29, 1.82) is 0 Å². The zero-order valence-electron chi connectivity index (χ0n) is 57.8. The predicted octanol–water partition coefficient (Wildman–Crippen LogP) is 23.7. The molecule has 82 heavy (non-hydrogen) atoms. The molecule has 0 rings (SSSR count). The Morgan fingerprint density at radius 2 is 0.232 bits per heavy atom. The predicted molar refractivity (Wildman–Crippen MR) is 377 cm³/mol. The summed E-state index contributed by atoms with van der Waals surface area (Å²) in [6, 6.07) is 0. The van der Waals surface area contributed by atoms with Crippen molar-refractivity contribution in [2.75, 3.05) is 51.8 Å². The van der Waals surface area contributed by atoms with Gasteiger partial charge >= 0.3 is 17.4 Å². The molecule has 0 unspecified atom stereocenters. The van der Waals surface area contributed by atoms with E-state index in [1.165, 1.54) is 231 Å². The minimum absolute atomic E-state index is 0. The first-order chi connectivity index (χ1) is 38.9. The Bertz CT molecular complexity index is 1160. The van der Waals surface area contributed by atoms with Crippen LogP contribution in [0.15, 0.2) is 0 Å². The van der Waals surface area contributed by atoms with Crippen LogP contribution in [-0.4, -0.2) is 95.4 Å². The van der Waals surface area contributed by atoms with Crippen LogP contribution in [-0.2, 0) is 28.0 Å². The number of hydrogen-bond acceptors (Lipinski definition) is 6. The summed E-state index contributed by atoms with van der Waals surface area (Å²) < 4.78 is 81.0. The van der Waals surface area contributed by atoms with Crippen molar-refractivity contribution in [3.63, 3.8) is 0 Å². The van der Waals surface area contributed by atoms with Gasteiger partial charge < -0.3 is 41.7 Å². The number of rotatable bonds is 63. The Morgan fingerprint density at radius 1 is 0.159 bits per heavy atom. The van der Waals surface area contributed by atoms with E-state index < -0.39 is 28.0 Å². The van der Waals surface area contributed by atoms with Gasteiger partial charge in [0, 0.05) is 51.8 Å². The van der Waals surface area contributed by atoms with Gasteiger partial charge in [-0.05, 0) is 57.8 Å². The van der Waals surface area contributed by atoms with E-state index in [1.54, 1.807) is 0 Å². The van der Waals surface area contributed by atoms with Crippen molar-refractivity contribution >= 4 is 45.4 Å². The van der Waals surface area contributed by atoms with Gasteiger partial charge in [-0.15, -0.1) is 0 Å². The van der Waals surface area contributed by atoms with Crippen molar-refractivity contribution in [3.8, 4) is 0 Å². The van der Waals surface area contributed by atoms with Gasteiger partial charge in [-0.3, -0.25) is 0 Å². The summed E-state index contributed by atoms with van der Waals surface area (Å²) in [5.41, 5.74) is 0. The van der Waals surface area contributed by atoms with Crippen LogP contribution in [0.3, 0.4) is 0 Å². The van der Waals surface area contributed by atoms with Crippen LogP contribution in [0.5, 0.6) is 0 Å². The van der Waals surface area contributed by atoms with Gasteiger partial charge in [-0.2, -0.15) is 0 Å². The largest absolute Gasteiger partial charge is 3.00 e. The van der Waals surface area contributed by atoms with Crippen molar-refractivity contribution in [3.05, 3.63) is 0 Å². The molecule has 0 amide bonds. The standard InChI is InChI=1S/3C24H52O2S.Al/c3*1-4-7-10-13-16-19-22-27(25,26,23-20-17-14-11-8-5-2)24-21-18-15-12-9-6-3;/h3*4-24H2,1-3H3,(H,25,26);/q;;;+3/p-3. The fraction of sp³-hybridized carbons (Fsp3) is 1.00. The summed E-state index contributed by atoms with van der Waals surface area (Å²) in [5.74, 6) is 4.06. The van der Waals surface area contributed by atoms with Crippen molar-refractivity contribution in [2.24, 2.45) is 0 Å². The second kappa shape index (κ2) is 60.8. The maximum atomic E-state index is 13.5. The van der Waals surface area contributed by atoms with Crippen molar-refractivity contribution < 1.29 is 26.3 Å². The molecule has 6 nitrogen and oxygen atoms in total. The van der Waals surface area contributed by atoms with Gasteiger partial charge in [-0.25, -0.2) is 12.6 Å². The Morgan fingerprint density at radius 3 is 0.317 bits per heavy atom. The first-order valence-electron chi connectivity index (χ1n) is 37.0. The van der Waals surface area contributed by atoms with E-state index in [0.717, 1.165) is 116 Å². The fourth-order valence-corrected chi connectivity index (χ4v) is 21.2. The average Bonchev–Trinajstić information content (AvgIpc) is 3.49. The molecular formula is C72H153AlO6S3. The minimum atomic E-state index is -3.66. The van der Waals surface area contributed by atoms with Gasteiger partial charge in [0.25, 0.3) is 0 Å². The van der Waals surface area contributed by atoms with Crippen LogP contribution < -0.4 is 0 Å². The molecule has 0 fully saturated rings. The van der Waals surface area contributed by atoms with Gasteiger partial charge in [-0.1, -0.05) is 351 Å². The molecule has 0 aromatic rings. The Balaban J connectivity index is -0.000000553. The molecule has 0 aliphatic heterocycles. The molecule has 0 radical (unpaired) electrons. The summed E-state index contributed by atoms with van der Waals surface area (Å²) in [6.07, 6.45) is 62.6. The van der Waals surface area contributed by atoms with Gasteiger partial charge in [0.1, 0.15) is 0 Å². The summed E-state index contributed by atoms with van der Waals surface area (Å²) in [5, 5.41) is 0. The van der Waals surface area contributed by atoms with Crippen molar-refractivity contribution in [1.82, 2.24) is 0 Å². The van der Waals surface area contributed by atoms with Gasteiger partial charge in [0.15, 0.2) is 0 Å². The molecule has 0 spiro atoms. The smallest absolute Gasteiger partial charge is 0.769 e. The molecule has 0 saturated heterocycles. The first kappa shape index (κ1) is 89.3. The Labute approximate surface area is 528 Å². The molecule has 0 bridgehead atoms. The molecule has 0 aliphatic rings. The molecule has 0 aromatic heterocycles. The molecule has 498 valence electrons. The van der Waals surface area contributed by atoms with E-state index in [0.29, 0.717) is 51.8 Å². The molecular weight excluding hydrogens is 1080 g/mol. The summed E-state index contributed by atoms with van der Waals surface area (Å²) >= 11 is 0. The zero-order chi connectivity index (χ0) is 60.9. The summed E-state index contributed by atoms with van der Waals surface area (Å²) in [7, 11) is -11.0. The van der Waals surface area contributed by atoms with Crippen LogP contribution in [0.2, 0.25) is 0 Å². The summed E-state index contributed by atoms with van der Waals surface area (Å²) in [4.78, 5) is 0. The fourth-order valence-electron chi connectivity index (χ4n) is 11.8. The third-order valence-corrected chi connectivity index (χ3v) is 28.4. The molecule has 0 saturated carbocycles. The van der Waals surface area contributed by atoms with E-state index in [4.69, 9.17) is 0 Å². The molecule has 0 atom stereocenters. The molecule has 0 aromatic carbocycles. The SMILES string of the molecule is CCCCCCCCS(=O)([O-])(CCCCCCCC)CCCCCCCC.CCCCCCCCS(=O)([O-])(CCCCCCCC)CCCCCCCC.CCCCCCCCS(=O)([O-])(CCCCCCCC)CCCCCCCC.[Al+3]. The number of unbranched alkanes of at least 4 members (excludes halogenated alkanes) is 45. The minimum Gasteiger partial charge on any atom is -0.769 e. The van der Waals surface area contributed by atoms with Crippen molar-refractivity contribution in [2.45, 2.75) is 409 Å². The maximum absolute atomic E-state index is 13.5. The van der Waals surface area contributed by atoms with E-state index in [2.05, 4.69) is 62.3 Å². The van der Waals surface area contributed by atoms with E-state index >= 15 is 0 Å². The first-order valence-corrected chi connectivity index (χ1v) is 44.2. The zero-order valence-corrected chi connectivity index (χ0v) is 61.4. The Kier molecular flexibility index (Phi) is 66.2. The van der Waals surface area contributed by atoms with Gasteiger partial charge in [0.2, 0.25) is 0 Å².